The van der Waals surface area contributed by atoms with Crippen LogP contribution in [0.4, 0.5) is 5.69 Å². The SMILES string of the molecule is O=C(CSc1ncn[nH]1)N1c2ccccc2S[C@@H]2C=CC=C[C@H]21. The van der Waals surface area contributed by atoms with Gasteiger partial charge in [-0.15, -0.1) is 11.8 Å². The summed E-state index contributed by atoms with van der Waals surface area (Å²) in [7, 11) is 0. The Hall–Kier alpha value is -1.99. The molecule has 5 nitrogen and oxygen atoms in total. The Morgan fingerprint density at radius 1 is 1.30 bits per heavy atom. The third-order valence-corrected chi connectivity index (χ3v) is 5.91. The molecule has 0 bridgehead atoms. The highest BCUT2D eigenvalue weighted by atomic mass is 32.2. The minimum atomic E-state index is 0.0581. The standard InChI is InChI=1S/C16H14N4OS2/c21-15(9-22-16-17-10-18-19-16)20-11-5-1-3-7-13(11)23-14-8-4-2-6-12(14)20/h1-8,10-11,13H,9H2,(H,17,18,19)/t11-,13-/m1/s1. The van der Waals surface area contributed by atoms with Crippen LogP contribution in [0.5, 0.6) is 0 Å². The van der Waals surface area contributed by atoms with Crippen molar-refractivity contribution in [2.24, 2.45) is 0 Å². The van der Waals surface area contributed by atoms with Crippen molar-refractivity contribution in [3.8, 4) is 0 Å². The van der Waals surface area contributed by atoms with E-state index in [2.05, 4.69) is 33.4 Å². The number of rotatable bonds is 3. The average Bonchev–Trinajstić information content (AvgIpc) is 3.11. The van der Waals surface area contributed by atoms with E-state index in [0.29, 0.717) is 10.9 Å². The van der Waals surface area contributed by atoms with Crippen LogP contribution in [0.2, 0.25) is 0 Å². The fourth-order valence-electron chi connectivity index (χ4n) is 2.74. The second-order valence-electron chi connectivity index (χ2n) is 5.15. The summed E-state index contributed by atoms with van der Waals surface area (Å²) >= 11 is 3.18. The molecule has 4 rings (SSSR count). The molecule has 0 spiro atoms. The van der Waals surface area contributed by atoms with Crippen molar-refractivity contribution < 1.29 is 4.79 Å². The highest BCUT2D eigenvalue weighted by Crippen LogP contribution is 2.43. The maximum Gasteiger partial charge on any atom is 0.238 e. The number of fused-ring (bicyclic) bond motifs is 2. The number of aromatic nitrogens is 3. The smallest absolute Gasteiger partial charge is 0.238 e. The maximum atomic E-state index is 12.9. The van der Waals surface area contributed by atoms with Crippen LogP contribution in [0.15, 0.2) is 64.9 Å². The van der Waals surface area contributed by atoms with Gasteiger partial charge in [0, 0.05) is 4.90 Å². The molecule has 2 aliphatic rings. The first-order chi connectivity index (χ1) is 11.3. The van der Waals surface area contributed by atoms with Gasteiger partial charge in [-0.05, 0) is 12.1 Å². The van der Waals surface area contributed by atoms with Crippen molar-refractivity contribution in [1.29, 1.82) is 0 Å². The van der Waals surface area contributed by atoms with Gasteiger partial charge in [-0.25, -0.2) is 4.98 Å². The molecule has 2 atom stereocenters. The minimum Gasteiger partial charge on any atom is -0.302 e. The molecule has 0 saturated carbocycles. The van der Waals surface area contributed by atoms with E-state index in [9.17, 15) is 4.79 Å². The number of nitrogens with zero attached hydrogens (tertiary/aromatic N) is 3. The van der Waals surface area contributed by atoms with Gasteiger partial charge in [0.05, 0.1) is 22.7 Å². The molecule has 23 heavy (non-hydrogen) atoms. The van der Waals surface area contributed by atoms with E-state index in [1.165, 1.54) is 18.1 Å². The van der Waals surface area contributed by atoms with Gasteiger partial charge in [0.25, 0.3) is 0 Å². The van der Waals surface area contributed by atoms with Gasteiger partial charge in [-0.3, -0.25) is 9.89 Å². The minimum absolute atomic E-state index is 0.0581. The molecule has 0 saturated heterocycles. The number of H-pyrrole nitrogens is 1. The summed E-state index contributed by atoms with van der Waals surface area (Å²) in [6.45, 7) is 0. The normalized spacial score (nSPS) is 21.8. The van der Waals surface area contributed by atoms with Crippen LogP contribution in [0.25, 0.3) is 0 Å². The Morgan fingerprint density at radius 2 is 2.17 bits per heavy atom. The van der Waals surface area contributed by atoms with Crippen molar-refractivity contribution in [3.05, 3.63) is 54.9 Å². The van der Waals surface area contributed by atoms with Crippen LogP contribution < -0.4 is 4.90 Å². The zero-order valence-corrected chi connectivity index (χ0v) is 13.8. The summed E-state index contributed by atoms with van der Waals surface area (Å²) < 4.78 is 0. The van der Waals surface area contributed by atoms with E-state index < -0.39 is 0 Å². The number of thioether (sulfide) groups is 2. The van der Waals surface area contributed by atoms with E-state index in [-0.39, 0.29) is 17.2 Å². The van der Waals surface area contributed by atoms with E-state index in [1.807, 2.05) is 47.0 Å². The molecule has 1 aliphatic carbocycles. The Bertz CT molecular complexity index is 772. The molecule has 0 fully saturated rings. The number of allylic oxidation sites excluding steroid dienone is 2. The second-order valence-corrected chi connectivity index (χ2v) is 7.34. The molecule has 116 valence electrons. The Balaban J connectivity index is 1.62. The molecular weight excluding hydrogens is 328 g/mol. The largest absolute Gasteiger partial charge is 0.302 e. The summed E-state index contributed by atoms with van der Waals surface area (Å²) in [6.07, 6.45) is 9.78. The topological polar surface area (TPSA) is 61.9 Å². The Labute approximate surface area is 142 Å². The summed E-state index contributed by atoms with van der Waals surface area (Å²) in [5.74, 6) is 0.406. The molecular formula is C16H14N4OS2. The maximum absolute atomic E-state index is 12.9. The molecule has 1 aromatic heterocycles. The number of nitrogens with one attached hydrogen (secondary N) is 1. The van der Waals surface area contributed by atoms with Crippen molar-refractivity contribution in [3.63, 3.8) is 0 Å². The summed E-state index contributed by atoms with van der Waals surface area (Å²) in [4.78, 5) is 20.0. The molecule has 2 heterocycles. The highest BCUT2D eigenvalue weighted by molar-refractivity contribution is 8.00. The van der Waals surface area contributed by atoms with E-state index in [4.69, 9.17) is 0 Å². The first-order valence-electron chi connectivity index (χ1n) is 7.24. The zero-order valence-electron chi connectivity index (χ0n) is 12.1. The molecule has 1 N–H and O–H groups in total. The molecule has 1 aliphatic heterocycles. The third-order valence-electron chi connectivity index (χ3n) is 3.74. The van der Waals surface area contributed by atoms with Gasteiger partial charge in [-0.2, -0.15) is 5.10 Å². The third kappa shape index (κ3) is 2.82. The average molecular weight is 342 g/mol. The monoisotopic (exact) mass is 342 g/mol. The van der Waals surface area contributed by atoms with Crippen LogP contribution >= 0.6 is 23.5 Å². The van der Waals surface area contributed by atoms with Crippen LogP contribution in [-0.2, 0) is 4.79 Å². The lowest BCUT2D eigenvalue weighted by atomic mass is 10.0. The second kappa shape index (κ2) is 6.25. The lowest BCUT2D eigenvalue weighted by Crippen LogP contribution is -2.48. The lowest BCUT2D eigenvalue weighted by Gasteiger charge is -2.40. The van der Waals surface area contributed by atoms with E-state index in [1.54, 1.807) is 0 Å². The Morgan fingerprint density at radius 3 is 3.04 bits per heavy atom. The molecule has 0 unspecified atom stereocenters. The van der Waals surface area contributed by atoms with Crippen LogP contribution in [0.1, 0.15) is 0 Å². The predicted octanol–water partition coefficient (Wildman–Crippen LogP) is 2.90. The first kappa shape index (κ1) is 14.6. The van der Waals surface area contributed by atoms with Crippen LogP contribution in [0.3, 0.4) is 0 Å². The number of carbonyl (C=O) groups excluding carboxylic acids is 1. The van der Waals surface area contributed by atoms with Gasteiger partial charge in [0.1, 0.15) is 6.33 Å². The summed E-state index contributed by atoms with van der Waals surface area (Å²) in [5, 5.41) is 7.50. The van der Waals surface area contributed by atoms with Crippen molar-refractivity contribution >= 4 is 35.1 Å². The van der Waals surface area contributed by atoms with E-state index >= 15 is 0 Å². The fraction of sp³-hybridized carbons (Fsp3) is 0.188. The van der Waals surface area contributed by atoms with E-state index in [0.717, 1.165) is 10.6 Å². The Kier molecular flexibility index (Phi) is 3.97. The number of hydrogen-bond acceptors (Lipinski definition) is 5. The van der Waals surface area contributed by atoms with Crippen molar-refractivity contribution in [2.45, 2.75) is 21.3 Å². The molecule has 0 radical (unpaired) electrons. The highest BCUT2D eigenvalue weighted by Gasteiger charge is 2.36. The van der Waals surface area contributed by atoms with Crippen molar-refractivity contribution in [1.82, 2.24) is 15.2 Å². The fourth-order valence-corrected chi connectivity index (χ4v) is 4.64. The zero-order chi connectivity index (χ0) is 15.6. The molecule has 7 heteroatoms. The van der Waals surface area contributed by atoms with Crippen molar-refractivity contribution in [2.75, 3.05) is 10.7 Å². The van der Waals surface area contributed by atoms with Gasteiger partial charge in [-0.1, -0.05) is 48.2 Å². The number of carbonyl (C=O) groups is 1. The number of hydrogen-bond donors (Lipinski definition) is 1. The predicted molar refractivity (Wildman–Crippen MR) is 92.7 cm³/mol. The number of anilines is 1. The quantitative estimate of drug-likeness (QED) is 0.869. The van der Waals surface area contributed by atoms with Crippen LogP contribution in [-0.4, -0.2) is 38.1 Å². The number of amides is 1. The number of para-hydroxylation sites is 1. The van der Waals surface area contributed by atoms with Gasteiger partial charge in [0.2, 0.25) is 5.91 Å². The molecule has 1 amide bonds. The first-order valence-corrected chi connectivity index (χ1v) is 9.10. The number of benzene rings is 1. The van der Waals surface area contributed by atoms with Gasteiger partial charge in [0.15, 0.2) is 5.16 Å². The van der Waals surface area contributed by atoms with Crippen LogP contribution in [0, 0.1) is 0 Å². The summed E-state index contributed by atoms with van der Waals surface area (Å²) in [6, 6.07) is 8.14. The lowest BCUT2D eigenvalue weighted by molar-refractivity contribution is -0.116. The van der Waals surface area contributed by atoms with Gasteiger partial charge < -0.3 is 4.90 Å². The summed E-state index contributed by atoms with van der Waals surface area (Å²) in [5.41, 5.74) is 0.988. The van der Waals surface area contributed by atoms with Gasteiger partial charge >= 0.3 is 0 Å². The number of aromatic amines is 1. The molecule has 1 aromatic carbocycles. The molecule has 2 aromatic rings.